The van der Waals surface area contributed by atoms with Gasteiger partial charge >= 0.3 is 0 Å². The quantitative estimate of drug-likeness (QED) is 0.160. The lowest BCUT2D eigenvalue weighted by molar-refractivity contribution is 0.589. The molecule has 79 heavy (non-hydrogen) atoms. The van der Waals surface area contributed by atoms with Crippen molar-refractivity contribution in [3.8, 4) is 45.5 Å². The van der Waals surface area contributed by atoms with Gasteiger partial charge in [0.15, 0.2) is 17.5 Å². The Morgan fingerprint density at radius 1 is 0.329 bits per heavy atom. The van der Waals surface area contributed by atoms with Crippen LogP contribution < -0.4 is 4.90 Å². The van der Waals surface area contributed by atoms with Crippen LogP contribution in [-0.4, -0.2) is 31.1 Å². The Morgan fingerprint density at radius 2 is 0.658 bits per heavy atom. The molecule has 0 saturated heterocycles. The highest BCUT2D eigenvalue weighted by atomic mass is 15.2. The zero-order valence-corrected chi connectivity index (χ0v) is 49.8. The maximum atomic E-state index is 5.45. The van der Waals surface area contributed by atoms with E-state index in [-0.39, 0.29) is 27.1 Å². The molecule has 400 valence electrons. The number of benzene rings is 8. The number of aryl methyl sites for hydroxylation is 1. The second-order valence-electron chi connectivity index (χ2n) is 27.3. The maximum absolute atomic E-state index is 5.45. The van der Waals surface area contributed by atoms with Gasteiger partial charge in [-0.3, -0.25) is 0 Å². The van der Waals surface area contributed by atoms with Crippen LogP contribution in [0.15, 0.2) is 164 Å². The van der Waals surface area contributed by atoms with Crippen molar-refractivity contribution in [2.45, 2.75) is 138 Å². The van der Waals surface area contributed by atoms with Gasteiger partial charge in [-0.15, -0.1) is 0 Å². The van der Waals surface area contributed by atoms with Gasteiger partial charge in [0.2, 0.25) is 0 Å². The van der Waals surface area contributed by atoms with Gasteiger partial charge in [-0.05, 0) is 134 Å². The van der Waals surface area contributed by atoms with Crippen LogP contribution in [0.5, 0.6) is 0 Å². The molecule has 0 aliphatic heterocycles. The Balaban J connectivity index is 1.37. The van der Waals surface area contributed by atoms with Gasteiger partial charge in [-0.1, -0.05) is 201 Å². The largest absolute Gasteiger partial charge is 0.343 e. The van der Waals surface area contributed by atoms with E-state index >= 15 is 0 Å². The summed E-state index contributed by atoms with van der Waals surface area (Å²) in [5, 5.41) is 4.90. The smallest absolute Gasteiger partial charge is 0.164 e. The molecule has 0 amide bonds. The molecule has 8 aromatic carbocycles. The van der Waals surface area contributed by atoms with E-state index in [9.17, 15) is 0 Å². The molecule has 11 aromatic rings. The fourth-order valence-corrected chi connectivity index (χ4v) is 11.4. The summed E-state index contributed by atoms with van der Waals surface area (Å²) in [6, 6.07) is 60.9. The molecule has 3 heterocycles. The van der Waals surface area contributed by atoms with E-state index in [2.05, 4.69) is 259 Å². The van der Waals surface area contributed by atoms with E-state index in [0.717, 1.165) is 61.5 Å². The van der Waals surface area contributed by atoms with Crippen LogP contribution in [-0.2, 0) is 27.1 Å². The first-order valence-corrected chi connectivity index (χ1v) is 28.2. The highest BCUT2D eigenvalue weighted by Crippen LogP contribution is 2.48. The van der Waals surface area contributed by atoms with E-state index < -0.39 is 0 Å². The second kappa shape index (κ2) is 18.9. The van der Waals surface area contributed by atoms with E-state index in [1.807, 2.05) is 36.4 Å². The highest BCUT2D eigenvalue weighted by Gasteiger charge is 2.30. The van der Waals surface area contributed by atoms with Crippen molar-refractivity contribution < 1.29 is 0 Å². The standard InChI is InChI=1S/C73H78N6/c1-45-38-49(69(2,3)4)28-33-58(45)77(17)63-39-48(68-75-66(46-24-20-18-21-25-46)74-67(76-68)47-26-22-19-23-27-47)40-64(78-59-34-29-50(70(5,6)7)41-54(59)55-42-51(71(8,9)10)30-35-60(55)78)65(63)79-61-36-31-52(72(11,12)13)43-56(61)57-44-53(73(14,15)16)32-37-62(57)79/h18-44H,1-17H3. The Bertz CT molecular complexity index is 3960. The summed E-state index contributed by atoms with van der Waals surface area (Å²) in [7, 11) is 2.24. The van der Waals surface area contributed by atoms with Crippen molar-refractivity contribution in [3.63, 3.8) is 0 Å². The fourth-order valence-electron chi connectivity index (χ4n) is 11.4. The predicted molar refractivity (Wildman–Crippen MR) is 338 cm³/mol. The van der Waals surface area contributed by atoms with Crippen LogP contribution in [0, 0.1) is 6.92 Å². The first-order chi connectivity index (χ1) is 37.1. The Hall–Kier alpha value is -7.83. The monoisotopic (exact) mass is 1040 g/mol. The zero-order chi connectivity index (χ0) is 56.3. The minimum Gasteiger partial charge on any atom is -0.343 e. The SMILES string of the molecule is Cc1cc(C(C)(C)C)ccc1N(C)c1cc(-c2nc(-c3ccccc3)nc(-c3ccccc3)n2)cc(-n2c3ccc(C(C)(C)C)cc3c3cc(C(C)(C)C)ccc32)c1-n1c2ccc(C(C)(C)C)cc2c2cc(C(C)(C)C)ccc21. The summed E-state index contributed by atoms with van der Waals surface area (Å²) >= 11 is 0. The molecule has 0 fully saturated rings. The summed E-state index contributed by atoms with van der Waals surface area (Å²) in [5.74, 6) is 1.82. The lowest BCUT2D eigenvalue weighted by Crippen LogP contribution is -2.18. The molecule has 0 N–H and O–H groups in total. The maximum Gasteiger partial charge on any atom is 0.164 e. The third-order valence-electron chi connectivity index (χ3n) is 16.3. The highest BCUT2D eigenvalue weighted by molar-refractivity contribution is 6.13. The van der Waals surface area contributed by atoms with Crippen molar-refractivity contribution in [1.82, 2.24) is 24.1 Å². The summed E-state index contributed by atoms with van der Waals surface area (Å²) in [5.41, 5.74) is 18.8. The Kier molecular flexibility index (Phi) is 12.7. The number of anilines is 2. The third-order valence-corrected chi connectivity index (χ3v) is 16.3. The average Bonchev–Trinajstić information content (AvgIpc) is 3.61. The van der Waals surface area contributed by atoms with Crippen molar-refractivity contribution in [1.29, 1.82) is 0 Å². The van der Waals surface area contributed by atoms with Crippen LogP contribution in [0.4, 0.5) is 11.4 Å². The lowest BCUT2D eigenvalue weighted by atomic mass is 9.85. The zero-order valence-electron chi connectivity index (χ0n) is 49.8. The minimum absolute atomic E-state index is 0.0251. The van der Waals surface area contributed by atoms with Crippen molar-refractivity contribution in [2.75, 3.05) is 11.9 Å². The van der Waals surface area contributed by atoms with Crippen molar-refractivity contribution >= 4 is 55.0 Å². The molecule has 0 spiro atoms. The van der Waals surface area contributed by atoms with Gasteiger partial charge in [0.1, 0.15) is 0 Å². The summed E-state index contributed by atoms with van der Waals surface area (Å²) in [6.07, 6.45) is 0. The first-order valence-electron chi connectivity index (χ1n) is 28.2. The minimum atomic E-state index is -0.0714. The second-order valence-corrected chi connectivity index (χ2v) is 27.3. The van der Waals surface area contributed by atoms with Gasteiger partial charge < -0.3 is 14.0 Å². The van der Waals surface area contributed by atoms with Gasteiger partial charge in [0.05, 0.1) is 39.1 Å². The topological polar surface area (TPSA) is 51.8 Å². The molecular formula is C73H78N6. The van der Waals surface area contributed by atoms with Gasteiger partial charge in [0.25, 0.3) is 0 Å². The van der Waals surface area contributed by atoms with Crippen molar-refractivity contribution in [3.05, 3.63) is 197 Å². The first kappa shape index (κ1) is 53.2. The third kappa shape index (κ3) is 9.72. The molecule has 0 aliphatic carbocycles. The van der Waals surface area contributed by atoms with Gasteiger partial charge in [0, 0.05) is 51.0 Å². The fraction of sp³-hybridized carbons (Fsp3) is 0.301. The molecule has 0 saturated carbocycles. The van der Waals surface area contributed by atoms with Gasteiger partial charge in [-0.2, -0.15) is 0 Å². The molecule has 6 heteroatoms. The number of rotatable bonds is 7. The number of fused-ring (bicyclic) bond motifs is 6. The van der Waals surface area contributed by atoms with Crippen LogP contribution in [0.2, 0.25) is 0 Å². The number of aromatic nitrogens is 5. The number of hydrogen-bond acceptors (Lipinski definition) is 4. The van der Waals surface area contributed by atoms with Crippen LogP contribution in [0.25, 0.3) is 89.2 Å². The van der Waals surface area contributed by atoms with E-state index in [1.54, 1.807) is 0 Å². The van der Waals surface area contributed by atoms with E-state index in [4.69, 9.17) is 15.0 Å². The summed E-state index contributed by atoms with van der Waals surface area (Å²) < 4.78 is 5.10. The number of nitrogens with zero attached hydrogens (tertiary/aromatic N) is 6. The van der Waals surface area contributed by atoms with Gasteiger partial charge in [-0.25, -0.2) is 15.0 Å². The Morgan fingerprint density at radius 3 is 1.01 bits per heavy atom. The van der Waals surface area contributed by atoms with E-state index in [1.165, 1.54) is 54.9 Å². The normalized spacial score (nSPS) is 12.9. The molecule has 6 nitrogen and oxygen atoms in total. The predicted octanol–water partition coefficient (Wildman–Crippen LogP) is 19.6. The molecular weight excluding hydrogens is 961 g/mol. The van der Waals surface area contributed by atoms with Crippen molar-refractivity contribution in [2.24, 2.45) is 0 Å². The van der Waals surface area contributed by atoms with E-state index in [0.29, 0.717) is 17.5 Å². The molecule has 0 aliphatic rings. The molecule has 0 bridgehead atoms. The molecule has 0 radical (unpaired) electrons. The molecule has 11 rings (SSSR count). The Labute approximate surface area is 469 Å². The number of hydrogen-bond donors (Lipinski definition) is 0. The summed E-state index contributed by atoms with van der Waals surface area (Å²) in [4.78, 5) is 18.5. The van der Waals surface area contributed by atoms with Crippen LogP contribution in [0.3, 0.4) is 0 Å². The molecule has 0 unspecified atom stereocenters. The summed E-state index contributed by atoms with van der Waals surface area (Å²) in [6.45, 7) is 36.9. The average molecular weight is 1040 g/mol. The van der Waals surface area contributed by atoms with Crippen LogP contribution >= 0.6 is 0 Å². The molecule has 0 atom stereocenters. The lowest BCUT2D eigenvalue weighted by Gasteiger charge is -2.30. The van der Waals surface area contributed by atoms with Crippen LogP contribution in [0.1, 0.15) is 137 Å². The molecule has 3 aromatic heterocycles.